The summed E-state index contributed by atoms with van der Waals surface area (Å²) in [4.78, 5) is 0. The van der Waals surface area contributed by atoms with Gasteiger partial charge in [-0.2, -0.15) is 0 Å². The molecule has 0 aliphatic carbocycles. The lowest BCUT2D eigenvalue weighted by atomic mass is 10.8. The maximum Gasteiger partial charge on any atom is 0.158 e. The van der Waals surface area contributed by atoms with Gasteiger partial charge < -0.3 is 18.2 Å². The third-order valence-electron chi connectivity index (χ3n) is 1.62. The Labute approximate surface area is 71.4 Å². The van der Waals surface area contributed by atoms with E-state index in [1.807, 2.05) is 0 Å². The smallest absolute Gasteiger partial charge is 0.158 e. The molecule has 0 aromatic carbocycles. The molecule has 4 nitrogen and oxygen atoms in total. The second kappa shape index (κ2) is 5.37. The molecule has 0 amide bonds. The molecule has 0 bridgehead atoms. The highest BCUT2D eigenvalue weighted by atomic mass is 28.4. The highest BCUT2D eigenvalue weighted by molar-refractivity contribution is 6.65. The summed E-state index contributed by atoms with van der Waals surface area (Å²) in [5.41, 5.74) is 0. The molecule has 0 radical (unpaired) electrons. The first-order chi connectivity index (χ1) is 4.93. The van der Waals surface area contributed by atoms with Gasteiger partial charge in [0.1, 0.15) is 0 Å². The Morgan fingerprint density at radius 1 is 1.10 bits per heavy atom. The van der Waals surface area contributed by atoms with E-state index < -0.39 is 0 Å². The number of rotatable bonds is 1. The van der Waals surface area contributed by atoms with Crippen LogP contribution in [0.15, 0.2) is 0 Å². The van der Waals surface area contributed by atoms with Gasteiger partial charge in [-0.25, -0.2) is 0 Å². The van der Waals surface area contributed by atoms with Crippen molar-refractivity contribution in [3.63, 3.8) is 0 Å². The minimum Gasteiger partial charge on any atom is -0.346 e. The fourth-order valence-electron chi connectivity index (χ4n) is 0.947. The van der Waals surface area contributed by atoms with Crippen molar-refractivity contribution in [3.8, 4) is 0 Å². The average molecular weight is 209 g/mol. The van der Waals surface area contributed by atoms with E-state index in [2.05, 4.69) is 25.1 Å². The molecule has 1 rings (SSSR count). The van der Waals surface area contributed by atoms with E-state index in [0.29, 0.717) is 0 Å². The largest absolute Gasteiger partial charge is 0.346 e. The molecule has 60 valence electrons. The van der Waals surface area contributed by atoms with Gasteiger partial charge in [0.05, 0.1) is 0 Å². The van der Waals surface area contributed by atoms with E-state index in [0.717, 1.165) is 0 Å². The molecule has 1 heterocycles. The van der Waals surface area contributed by atoms with E-state index in [4.69, 9.17) is 0 Å². The summed E-state index contributed by atoms with van der Waals surface area (Å²) in [6.07, 6.45) is 0. The Balaban J connectivity index is 2.16. The predicted octanol–water partition coefficient (Wildman–Crippen LogP) is -4.91. The monoisotopic (exact) mass is 208 g/mol. The Bertz CT molecular complexity index is 83.3. The topological polar surface area (TPSA) is 39.3 Å². The van der Waals surface area contributed by atoms with Crippen LogP contribution >= 0.6 is 0 Å². The lowest BCUT2D eigenvalue weighted by Crippen LogP contribution is -2.57. The maximum absolute atomic E-state index is 3.61. The number of hydrogen-bond acceptors (Lipinski definition) is 4. The molecule has 0 spiro atoms. The van der Waals surface area contributed by atoms with Crippen molar-refractivity contribution in [1.82, 2.24) is 18.2 Å². The first-order valence-corrected chi connectivity index (χ1v) is 9.28. The molecule has 0 atom stereocenters. The minimum atomic E-state index is -0.0481. The van der Waals surface area contributed by atoms with E-state index in [1.165, 1.54) is 6.54 Å². The van der Waals surface area contributed by atoms with Gasteiger partial charge in [0.25, 0.3) is 0 Å². The SMILES string of the molecule is CCN1[SiH2]N[SiH2]N[SiH2]N[SiH2]1. The molecule has 8 heteroatoms. The standard InChI is InChI=1S/C2H16N4Si4/c1-2-6-9-4-7-3-8-5-10-6/h3-5H,2,7-10H2,1H3. The van der Waals surface area contributed by atoms with Crippen LogP contribution in [0.5, 0.6) is 0 Å². The van der Waals surface area contributed by atoms with Crippen molar-refractivity contribution in [2.45, 2.75) is 6.92 Å². The summed E-state index contributed by atoms with van der Waals surface area (Å²) >= 11 is 0. The highest BCUT2D eigenvalue weighted by Crippen LogP contribution is 1.75. The van der Waals surface area contributed by atoms with Crippen molar-refractivity contribution in [1.29, 1.82) is 0 Å². The van der Waals surface area contributed by atoms with Crippen molar-refractivity contribution in [3.05, 3.63) is 0 Å². The molecular formula is C2H16N4Si4. The summed E-state index contributed by atoms with van der Waals surface area (Å²) in [6, 6.07) is 0. The van der Waals surface area contributed by atoms with Gasteiger partial charge in [0, 0.05) is 0 Å². The van der Waals surface area contributed by atoms with Crippen molar-refractivity contribution in [2.24, 2.45) is 0 Å². The lowest BCUT2D eigenvalue weighted by Gasteiger charge is -2.23. The van der Waals surface area contributed by atoms with Crippen molar-refractivity contribution < 1.29 is 0 Å². The summed E-state index contributed by atoms with van der Waals surface area (Å²) in [6.45, 7) is 3.53. The molecule has 0 aromatic rings. The van der Waals surface area contributed by atoms with Crippen LogP contribution in [0.3, 0.4) is 0 Å². The van der Waals surface area contributed by atoms with Gasteiger partial charge in [-0.15, -0.1) is 0 Å². The zero-order chi connectivity index (χ0) is 7.23. The van der Waals surface area contributed by atoms with Crippen LogP contribution in [-0.4, -0.2) is 50.1 Å². The first kappa shape index (κ1) is 8.80. The minimum absolute atomic E-state index is 0.0305. The second-order valence-corrected chi connectivity index (χ2v) is 12.4. The van der Waals surface area contributed by atoms with Crippen LogP contribution in [0.4, 0.5) is 0 Å². The summed E-state index contributed by atoms with van der Waals surface area (Å²) in [7, 11) is -0.157. The van der Waals surface area contributed by atoms with E-state index >= 15 is 0 Å². The van der Waals surface area contributed by atoms with Crippen LogP contribution in [-0.2, 0) is 0 Å². The molecular weight excluding hydrogens is 192 g/mol. The van der Waals surface area contributed by atoms with E-state index in [9.17, 15) is 0 Å². The number of nitrogens with one attached hydrogen (secondary N) is 3. The lowest BCUT2D eigenvalue weighted by molar-refractivity contribution is 0.700. The molecule has 10 heavy (non-hydrogen) atoms. The Kier molecular flexibility index (Phi) is 4.73. The van der Waals surface area contributed by atoms with Gasteiger partial charge in [-0.3, -0.25) is 0 Å². The van der Waals surface area contributed by atoms with Crippen molar-refractivity contribution >= 4 is 39.4 Å². The molecule has 1 aliphatic heterocycles. The van der Waals surface area contributed by atoms with Gasteiger partial charge in [-0.05, 0) is 6.54 Å². The van der Waals surface area contributed by atoms with Gasteiger partial charge in [0.15, 0.2) is 39.4 Å². The molecule has 0 saturated carbocycles. The van der Waals surface area contributed by atoms with E-state index in [1.54, 1.807) is 0 Å². The predicted molar refractivity (Wildman–Crippen MR) is 56.0 cm³/mol. The fraction of sp³-hybridized carbons (Fsp3) is 1.00. The average Bonchev–Trinajstić information content (AvgIpc) is 1.87. The summed E-state index contributed by atoms with van der Waals surface area (Å²) < 4.78 is 13.4. The van der Waals surface area contributed by atoms with Crippen LogP contribution in [0.1, 0.15) is 6.92 Å². The maximum atomic E-state index is 3.61. The van der Waals surface area contributed by atoms with Crippen LogP contribution in [0.25, 0.3) is 0 Å². The number of hydrogen-bond donors (Lipinski definition) is 3. The van der Waals surface area contributed by atoms with Gasteiger partial charge in [0.2, 0.25) is 0 Å². The highest BCUT2D eigenvalue weighted by Gasteiger charge is 2.04. The molecule has 0 aromatic heterocycles. The molecule has 0 unspecified atom stereocenters. The van der Waals surface area contributed by atoms with Crippen LogP contribution in [0.2, 0.25) is 0 Å². The van der Waals surface area contributed by atoms with Crippen LogP contribution in [0, 0.1) is 0 Å². The molecule has 1 saturated heterocycles. The van der Waals surface area contributed by atoms with Crippen LogP contribution < -0.4 is 13.9 Å². The summed E-state index contributed by atoms with van der Waals surface area (Å²) in [5.74, 6) is 0. The van der Waals surface area contributed by atoms with Crippen molar-refractivity contribution in [2.75, 3.05) is 6.54 Å². The third kappa shape index (κ3) is 3.20. The third-order valence-corrected chi connectivity index (χ3v) is 10.5. The van der Waals surface area contributed by atoms with Gasteiger partial charge >= 0.3 is 0 Å². The van der Waals surface area contributed by atoms with Gasteiger partial charge in [-0.1, -0.05) is 6.92 Å². The molecule has 1 aliphatic rings. The fourth-order valence-corrected chi connectivity index (χ4v) is 13.2. The second-order valence-electron chi connectivity index (χ2n) is 2.41. The van der Waals surface area contributed by atoms with E-state index in [-0.39, 0.29) is 39.4 Å². The zero-order valence-electron chi connectivity index (χ0n) is 6.48. The first-order valence-electron chi connectivity index (χ1n) is 3.78. The Morgan fingerprint density at radius 3 is 2.20 bits per heavy atom. The molecule has 3 N–H and O–H groups in total. The summed E-state index contributed by atoms with van der Waals surface area (Å²) in [5, 5.41) is 0. The quantitative estimate of drug-likeness (QED) is 0.378. The zero-order valence-corrected chi connectivity index (χ0v) is 12.1. The number of nitrogens with zero attached hydrogens (tertiary/aromatic N) is 1. The Morgan fingerprint density at radius 2 is 1.70 bits per heavy atom. The Hall–Kier alpha value is 0.708. The molecule has 1 fully saturated rings. The normalized spacial score (nSPS) is 33.3.